The highest BCUT2D eigenvalue weighted by atomic mass is 35.5. The molecular formula is C17H26ClN5O2S. The summed E-state index contributed by atoms with van der Waals surface area (Å²) in [6.07, 6.45) is 1.90. The van der Waals surface area contributed by atoms with E-state index in [4.69, 9.17) is 0 Å². The van der Waals surface area contributed by atoms with Crippen LogP contribution in [-0.4, -0.2) is 58.7 Å². The second kappa shape index (κ2) is 8.37. The van der Waals surface area contributed by atoms with Crippen molar-refractivity contribution in [2.75, 3.05) is 20.1 Å². The predicted molar refractivity (Wildman–Crippen MR) is 106 cm³/mol. The lowest BCUT2D eigenvalue weighted by molar-refractivity contribution is -0.133. The minimum absolute atomic E-state index is 0. The second-order valence-electron chi connectivity index (χ2n) is 6.62. The van der Waals surface area contributed by atoms with Crippen LogP contribution in [0.25, 0.3) is 10.2 Å². The van der Waals surface area contributed by atoms with E-state index in [1.165, 1.54) is 11.3 Å². The number of fused-ring (bicyclic) bond motifs is 1. The number of thiophene rings is 1. The van der Waals surface area contributed by atoms with E-state index < -0.39 is 6.04 Å². The largest absolute Gasteiger partial charge is 0.341 e. The third-order valence-electron chi connectivity index (χ3n) is 4.85. The Morgan fingerprint density at radius 2 is 2.00 bits per heavy atom. The van der Waals surface area contributed by atoms with Crippen molar-refractivity contribution in [3.63, 3.8) is 0 Å². The number of nitrogens with one attached hydrogen (secondary N) is 2. The molecule has 144 valence electrons. The van der Waals surface area contributed by atoms with Gasteiger partial charge in [0.15, 0.2) is 0 Å². The first kappa shape index (κ1) is 20.7. The number of amides is 2. The van der Waals surface area contributed by atoms with Crippen LogP contribution >= 0.6 is 23.7 Å². The Labute approximate surface area is 163 Å². The number of carbonyl (C=O) groups is 2. The number of aromatic nitrogens is 2. The van der Waals surface area contributed by atoms with Gasteiger partial charge >= 0.3 is 0 Å². The summed E-state index contributed by atoms with van der Waals surface area (Å²) in [5, 5.41) is 11.4. The highest BCUT2D eigenvalue weighted by Gasteiger charge is 2.27. The van der Waals surface area contributed by atoms with E-state index in [0.717, 1.165) is 41.8 Å². The summed E-state index contributed by atoms with van der Waals surface area (Å²) in [4.78, 5) is 28.5. The van der Waals surface area contributed by atoms with Crippen molar-refractivity contribution in [2.45, 2.75) is 38.8 Å². The van der Waals surface area contributed by atoms with Crippen molar-refractivity contribution in [1.82, 2.24) is 25.3 Å². The number of nitrogens with zero attached hydrogens (tertiary/aromatic N) is 3. The van der Waals surface area contributed by atoms with Gasteiger partial charge < -0.3 is 15.5 Å². The number of hydrogen-bond acceptors (Lipinski definition) is 5. The van der Waals surface area contributed by atoms with Crippen LogP contribution in [0.5, 0.6) is 0 Å². The summed E-state index contributed by atoms with van der Waals surface area (Å²) in [6, 6.07) is 1.81. The zero-order valence-corrected chi connectivity index (χ0v) is 17.2. The number of piperidine rings is 1. The van der Waals surface area contributed by atoms with Crippen LogP contribution in [0, 0.1) is 6.92 Å². The first-order valence-electron chi connectivity index (χ1n) is 8.60. The predicted octanol–water partition coefficient (Wildman–Crippen LogP) is 1.69. The standard InChI is InChI=1S/C17H25N5O2S.ClH/c1-10-13-9-14(25-17(13)21(4)20-10)15(23)19-11(2)16(24)22-7-5-12(18-3)6-8-22;/h9,11-12,18H,5-8H2,1-4H3,(H,19,23);1H. The summed E-state index contributed by atoms with van der Waals surface area (Å²) in [5.74, 6) is -0.214. The Morgan fingerprint density at radius 1 is 1.35 bits per heavy atom. The van der Waals surface area contributed by atoms with Crippen LogP contribution in [0.2, 0.25) is 0 Å². The van der Waals surface area contributed by atoms with Crippen LogP contribution in [0.3, 0.4) is 0 Å². The maximum Gasteiger partial charge on any atom is 0.262 e. The fourth-order valence-corrected chi connectivity index (χ4v) is 4.34. The van der Waals surface area contributed by atoms with Crippen molar-refractivity contribution >= 4 is 45.8 Å². The molecule has 1 atom stereocenters. The number of rotatable bonds is 4. The zero-order valence-electron chi connectivity index (χ0n) is 15.5. The first-order chi connectivity index (χ1) is 11.9. The van der Waals surface area contributed by atoms with Crippen LogP contribution < -0.4 is 10.6 Å². The molecule has 2 N–H and O–H groups in total. The van der Waals surface area contributed by atoms with Crippen LogP contribution in [0.4, 0.5) is 0 Å². The van der Waals surface area contributed by atoms with Crippen LogP contribution in [0.15, 0.2) is 6.07 Å². The number of carbonyl (C=O) groups excluding carboxylic acids is 2. The molecule has 0 saturated carbocycles. The van der Waals surface area contributed by atoms with E-state index in [1.54, 1.807) is 11.6 Å². The number of likely N-dealkylation sites (tertiary alicyclic amines) is 1. The summed E-state index contributed by atoms with van der Waals surface area (Å²) in [5.41, 5.74) is 0.907. The molecule has 1 unspecified atom stereocenters. The van der Waals surface area contributed by atoms with Gasteiger partial charge in [-0.25, -0.2) is 0 Å². The molecule has 1 saturated heterocycles. The van der Waals surface area contributed by atoms with Gasteiger partial charge in [-0.3, -0.25) is 14.3 Å². The zero-order chi connectivity index (χ0) is 18.1. The van der Waals surface area contributed by atoms with Gasteiger partial charge in [-0.2, -0.15) is 5.10 Å². The molecule has 1 fully saturated rings. The molecule has 1 aliphatic rings. The molecule has 2 aromatic heterocycles. The van der Waals surface area contributed by atoms with Gasteiger partial charge in [0.05, 0.1) is 10.6 Å². The molecule has 0 spiro atoms. The third-order valence-corrected chi connectivity index (χ3v) is 6.05. The Morgan fingerprint density at radius 3 is 2.58 bits per heavy atom. The molecule has 1 aliphatic heterocycles. The second-order valence-corrected chi connectivity index (χ2v) is 7.65. The van der Waals surface area contributed by atoms with Gasteiger partial charge in [0, 0.05) is 31.6 Å². The average molecular weight is 400 g/mol. The van der Waals surface area contributed by atoms with Crippen LogP contribution in [0.1, 0.15) is 35.1 Å². The SMILES string of the molecule is CNC1CCN(C(=O)C(C)NC(=O)c2cc3c(C)nn(C)c3s2)CC1.Cl. The summed E-state index contributed by atoms with van der Waals surface area (Å²) < 4.78 is 1.78. The quantitative estimate of drug-likeness (QED) is 0.820. The smallest absolute Gasteiger partial charge is 0.262 e. The highest BCUT2D eigenvalue weighted by molar-refractivity contribution is 7.20. The molecule has 2 aromatic rings. The van der Waals surface area contributed by atoms with Gasteiger partial charge in [-0.05, 0) is 39.8 Å². The van der Waals surface area contributed by atoms with E-state index in [1.807, 2.05) is 32.0 Å². The molecule has 7 nitrogen and oxygen atoms in total. The monoisotopic (exact) mass is 399 g/mol. The lowest BCUT2D eigenvalue weighted by Crippen LogP contribution is -2.51. The van der Waals surface area contributed by atoms with Crippen molar-refractivity contribution in [3.8, 4) is 0 Å². The van der Waals surface area contributed by atoms with E-state index >= 15 is 0 Å². The molecule has 9 heteroatoms. The topological polar surface area (TPSA) is 79.3 Å². The highest BCUT2D eigenvalue weighted by Crippen LogP contribution is 2.27. The van der Waals surface area contributed by atoms with E-state index in [0.29, 0.717) is 10.9 Å². The normalized spacial score (nSPS) is 16.4. The van der Waals surface area contributed by atoms with Crippen molar-refractivity contribution in [2.24, 2.45) is 7.05 Å². The van der Waals surface area contributed by atoms with Gasteiger partial charge in [0.1, 0.15) is 10.9 Å². The number of halogens is 1. The molecule has 3 rings (SSSR count). The summed E-state index contributed by atoms with van der Waals surface area (Å²) in [6.45, 7) is 5.15. The molecule has 0 bridgehead atoms. The maximum absolute atomic E-state index is 12.6. The van der Waals surface area contributed by atoms with Crippen molar-refractivity contribution < 1.29 is 9.59 Å². The van der Waals surface area contributed by atoms with Crippen LogP contribution in [-0.2, 0) is 11.8 Å². The number of aryl methyl sites for hydroxylation is 2. The molecule has 26 heavy (non-hydrogen) atoms. The summed E-state index contributed by atoms with van der Waals surface area (Å²) in [7, 11) is 3.82. The van der Waals surface area contributed by atoms with E-state index in [2.05, 4.69) is 15.7 Å². The van der Waals surface area contributed by atoms with Gasteiger partial charge in [0.25, 0.3) is 5.91 Å². The summed E-state index contributed by atoms with van der Waals surface area (Å²) >= 11 is 1.40. The Hall–Kier alpha value is -1.64. The maximum atomic E-state index is 12.6. The number of hydrogen-bond donors (Lipinski definition) is 2. The lowest BCUT2D eigenvalue weighted by Gasteiger charge is -2.33. The molecule has 0 radical (unpaired) electrons. The molecule has 3 heterocycles. The minimum Gasteiger partial charge on any atom is -0.341 e. The average Bonchev–Trinajstić information content (AvgIpc) is 3.16. The minimum atomic E-state index is -0.525. The first-order valence-corrected chi connectivity index (χ1v) is 9.42. The molecule has 0 aromatic carbocycles. The van der Waals surface area contributed by atoms with Gasteiger partial charge in [0.2, 0.25) is 5.91 Å². The Bertz CT molecular complexity index is 760. The molecular weight excluding hydrogens is 374 g/mol. The van der Waals surface area contributed by atoms with Crippen molar-refractivity contribution in [3.05, 3.63) is 16.6 Å². The Kier molecular flexibility index (Phi) is 6.65. The Balaban J connectivity index is 0.00000243. The van der Waals surface area contributed by atoms with Crippen molar-refractivity contribution in [1.29, 1.82) is 0 Å². The van der Waals surface area contributed by atoms with E-state index in [-0.39, 0.29) is 24.2 Å². The van der Waals surface area contributed by atoms with Gasteiger partial charge in [-0.15, -0.1) is 23.7 Å². The lowest BCUT2D eigenvalue weighted by atomic mass is 10.0. The fraction of sp³-hybridized carbons (Fsp3) is 0.588. The van der Waals surface area contributed by atoms with Gasteiger partial charge in [-0.1, -0.05) is 0 Å². The molecule has 2 amide bonds. The fourth-order valence-electron chi connectivity index (χ4n) is 3.31. The third kappa shape index (κ3) is 4.02. The van der Waals surface area contributed by atoms with E-state index in [9.17, 15) is 9.59 Å². The molecule has 0 aliphatic carbocycles.